The van der Waals surface area contributed by atoms with Crippen molar-refractivity contribution in [2.75, 3.05) is 23.9 Å². The number of nitrogens with zero attached hydrogens (tertiary/aromatic N) is 3. The standard InChI is InChI=1S/C9H13ClN4O2S/c1-6(4-17-2)3-11-9-7(14(15)16)8(10)12-5-13-9/h5-6H,3-4H2,1-2H3,(H,11,12,13). The molecule has 1 heterocycles. The lowest BCUT2D eigenvalue weighted by molar-refractivity contribution is -0.384. The first kappa shape index (κ1) is 14.0. The molecular weight excluding hydrogens is 264 g/mol. The molecule has 1 aromatic heterocycles. The Hall–Kier alpha value is -1.08. The molecular formula is C9H13ClN4O2S. The predicted molar refractivity (Wildman–Crippen MR) is 69.7 cm³/mol. The lowest BCUT2D eigenvalue weighted by Gasteiger charge is -2.11. The largest absolute Gasteiger partial charge is 0.364 e. The molecule has 0 spiro atoms. The minimum absolute atomic E-state index is 0.148. The van der Waals surface area contributed by atoms with Gasteiger partial charge in [0.05, 0.1) is 4.92 Å². The van der Waals surface area contributed by atoms with Crippen LogP contribution in [0.4, 0.5) is 11.5 Å². The summed E-state index contributed by atoms with van der Waals surface area (Å²) in [4.78, 5) is 17.7. The minimum atomic E-state index is -0.579. The molecule has 0 saturated heterocycles. The van der Waals surface area contributed by atoms with Crippen molar-refractivity contribution < 1.29 is 4.92 Å². The molecule has 0 radical (unpaired) electrons. The first-order valence-electron chi connectivity index (χ1n) is 4.94. The molecule has 1 N–H and O–H groups in total. The number of hydrogen-bond acceptors (Lipinski definition) is 6. The van der Waals surface area contributed by atoms with Crippen LogP contribution in [0.2, 0.25) is 5.15 Å². The molecule has 6 nitrogen and oxygen atoms in total. The quantitative estimate of drug-likeness (QED) is 0.488. The van der Waals surface area contributed by atoms with Crippen molar-refractivity contribution in [3.63, 3.8) is 0 Å². The van der Waals surface area contributed by atoms with E-state index in [1.54, 1.807) is 11.8 Å². The summed E-state index contributed by atoms with van der Waals surface area (Å²) in [6.07, 6.45) is 3.22. The van der Waals surface area contributed by atoms with Crippen LogP contribution in [0.25, 0.3) is 0 Å². The van der Waals surface area contributed by atoms with E-state index in [2.05, 4.69) is 22.2 Å². The van der Waals surface area contributed by atoms with Crippen molar-refractivity contribution in [2.24, 2.45) is 5.92 Å². The molecule has 0 aliphatic rings. The molecule has 0 amide bonds. The second-order valence-electron chi connectivity index (χ2n) is 3.56. The molecule has 1 unspecified atom stereocenters. The van der Waals surface area contributed by atoms with E-state index >= 15 is 0 Å². The Labute approximate surface area is 108 Å². The van der Waals surface area contributed by atoms with E-state index in [0.717, 1.165) is 5.75 Å². The molecule has 0 aliphatic carbocycles. The van der Waals surface area contributed by atoms with Gasteiger partial charge in [-0.2, -0.15) is 11.8 Å². The van der Waals surface area contributed by atoms with Gasteiger partial charge in [0.1, 0.15) is 6.33 Å². The number of aromatic nitrogens is 2. The summed E-state index contributed by atoms with van der Waals surface area (Å²) >= 11 is 7.39. The Morgan fingerprint density at radius 1 is 1.65 bits per heavy atom. The molecule has 0 aromatic carbocycles. The molecule has 8 heteroatoms. The fourth-order valence-electron chi connectivity index (χ4n) is 1.26. The van der Waals surface area contributed by atoms with Gasteiger partial charge in [-0.15, -0.1) is 0 Å². The molecule has 0 aliphatic heterocycles. The van der Waals surface area contributed by atoms with Crippen LogP contribution in [0.1, 0.15) is 6.92 Å². The Bertz CT molecular complexity index is 405. The minimum Gasteiger partial charge on any atom is -0.364 e. The molecule has 17 heavy (non-hydrogen) atoms. The summed E-state index contributed by atoms with van der Waals surface area (Å²) in [6.45, 7) is 2.66. The van der Waals surface area contributed by atoms with Crippen molar-refractivity contribution in [1.82, 2.24) is 9.97 Å². The molecule has 94 valence electrons. The Balaban J connectivity index is 2.77. The zero-order valence-corrected chi connectivity index (χ0v) is 11.1. The number of rotatable bonds is 6. The maximum absolute atomic E-state index is 10.8. The normalized spacial score (nSPS) is 12.2. The van der Waals surface area contributed by atoms with E-state index in [-0.39, 0.29) is 16.7 Å². The zero-order valence-electron chi connectivity index (χ0n) is 9.51. The van der Waals surface area contributed by atoms with Gasteiger partial charge in [0.15, 0.2) is 0 Å². The first-order valence-corrected chi connectivity index (χ1v) is 6.71. The third-order valence-electron chi connectivity index (χ3n) is 2.03. The zero-order chi connectivity index (χ0) is 12.8. The monoisotopic (exact) mass is 276 g/mol. The van der Waals surface area contributed by atoms with Gasteiger partial charge >= 0.3 is 5.69 Å². The van der Waals surface area contributed by atoms with Crippen molar-refractivity contribution in [3.8, 4) is 0 Å². The summed E-state index contributed by atoms with van der Waals surface area (Å²) < 4.78 is 0. The lowest BCUT2D eigenvalue weighted by atomic mass is 10.2. The van der Waals surface area contributed by atoms with Gasteiger partial charge in [0.25, 0.3) is 0 Å². The summed E-state index contributed by atoms with van der Waals surface area (Å²) in [7, 11) is 0. The van der Waals surface area contributed by atoms with Crippen LogP contribution in [0.3, 0.4) is 0 Å². The fourth-order valence-corrected chi connectivity index (χ4v) is 2.15. The number of halogens is 1. The van der Waals surface area contributed by atoms with Crippen LogP contribution in [0, 0.1) is 16.0 Å². The highest BCUT2D eigenvalue weighted by Gasteiger charge is 2.21. The maximum atomic E-state index is 10.8. The topological polar surface area (TPSA) is 81.0 Å². The van der Waals surface area contributed by atoms with E-state index in [4.69, 9.17) is 11.6 Å². The first-order chi connectivity index (χ1) is 8.06. The predicted octanol–water partition coefficient (Wildman–Crippen LogP) is 2.45. The van der Waals surface area contributed by atoms with Gasteiger partial charge < -0.3 is 5.32 Å². The van der Waals surface area contributed by atoms with Crippen LogP contribution in [0.5, 0.6) is 0 Å². The van der Waals surface area contributed by atoms with Gasteiger partial charge in [0.2, 0.25) is 11.0 Å². The third kappa shape index (κ3) is 4.01. The SMILES string of the molecule is CSCC(C)CNc1ncnc(Cl)c1[N+](=O)[O-]. The molecule has 0 bridgehead atoms. The van der Waals surface area contributed by atoms with Crippen molar-refractivity contribution in [1.29, 1.82) is 0 Å². The molecule has 0 saturated carbocycles. The molecule has 0 fully saturated rings. The summed E-state index contributed by atoms with van der Waals surface area (Å²) in [5.41, 5.74) is -0.273. The highest BCUT2D eigenvalue weighted by atomic mass is 35.5. The number of nitro groups is 1. The molecule has 1 aromatic rings. The van der Waals surface area contributed by atoms with Crippen molar-refractivity contribution in [2.45, 2.75) is 6.92 Å². The Kier molecular flexibility index (Phi) is 5.43. The second kappa shape index (κ2) is 6.61. The van der Waals surface area contributed by atoms with Gasteiger partial charge in [-0.05, 0) is 17.9 Å². The molecule has 1 atom stereocenters. The Morgan fingerprint density at radius 3 is 2.94 bits per heavy atom. The van der Waals surface area contributed by atoms with E-state index in [1.165, 1.54) is 6.33 Å². The summed E-state index contributed by atoms with van der Waals surface area (Å²) in [6, 6.07) is 0. The fraction of sp³-hybridized carbons (Fsp3) is 0.556. The highest BCUT2D eigenvalue weighted by molar-refractivity contribution is 7.98. The van der Waals surface area contributed by atoms with Gasteiger partial charge in [-0.25, -0.2) is 9.97 Å². The van der Waals surface area contributed by atoms with E-state index in [9.17, 15) is 10.1 Å². The Morgan fingerprint density at radius 2 is 2.35 bits per heavy atom. The lowest BCUT2D eigenvalue weighted by Crippen LogP contribution is -2.15. The maximum Gasteiger partial charge on any atom is 0.348 e. The average Bonchev–Trinajstić information content (AvgIpc) is 2.26. The number of nitrogens with one attached hydrogen (secondary N) is 1. The number of thioether (sulfide) groups is 1. The smallest absolute Gasteiger partial charge is 0.348 e. The van der Waals surface area contributed by atoms with Gasteiger partial charge in [-0.1, -0.05) is 18.5 Å². The van der Waals surface area contributed by atoms with Crippen LogP contribution in [-0.4, -0.2) is 33.4 Å². The van der Waals surface area contributed by atoms with Crippen LogP contribution in [0.15, 0.2) is 6.33 Å². The molecule has 1 rings (SSSR count). The van der Waals surface area contributed by atoms with Crippen molar-refractivity contribution >= 4 is 34.9 Å². The number of hydrogen-bond donors (Lipinski definition) is 1. The van der Waals surface area contributed by atoms with E-state index in [0.29, 0.717) is 12.5 Å². The highest BCUT2D eigenvalue weighted by Crippen LogP contribution is 2.28. The average molecular weight is 277 g/mol. The van der Waals surface area contributed by atoms with Gasteiger partial charge in [-0.3, -0.25) is 10.1 Å². The second-order valence-corrected chi connectivity index (χ2v) is 4.83. The van der Waals surface area contributed by atoms with E-state index < -0.39 is 4.92 Å². The summed E-state index contributed by atoms with van der Waals surface area (Å²) in [5, 5.41) is 13.6. The van der Waals surface area contributed by atoms with Crippen LogP contribution < -0.4 is 5.32 Å². The van der Waals surface area contributed by atoms with Gasteiger partial charge in [0, 0.05) is 6.54 Å². The van der Waals surface area contributed by atoms with Crippen LogP contribution in [-0.2, 0) is 0 Å². The van der Waals surface area contributed by atoms with Crippen molar-refractivity contribution in [3.05, 3.63) is 21.6 Å². The summed E-state index contributed by atoms with van der Waals surface area (Å²) in [5.74, 6) is 1.53. The third-order valence-corrected chi connectivity index (χ3v) is 3.21. The van der Waals surface area contributed by atoms with E-state index in [1.807, 2.05) is 6.26 Å². The number of anilines is 1. The van der Waals surface area contributed by atoms with Crippen LogP contribution >= 0.6 is 23.4 Å².